The largest absolute Gasteiger partial charge is 0.459 e. The van der Waals surface area contributed by atoms with Gasteiger partial charge in [0.15, 0.2) is 23.3 Å². The number of nitrogens with zero attached hydrogens (tertiary/aromatic N) is 4. The first kappa shape index (κ1) is 19.2. The molecule has 0 saturated heterocycles. The summed E-state index contributed by atoms with van der Waals surface area (Å²) in [4.78, 5) is 13.9. The number of hydrogen-bond donors (Lipinski definition) is 2. The van der Waals surface area contributed by atoms with Crippen LogP contribution in [0.2, 0.25) is 5.28 Å². The van der Waals surface area contributed by atoms with E-state index in [0.29, 0.717) is 0 Å². The molecule has 2 heterocycles. The minimum Gasteiger partial charge on any atom is -0.459 e. The standard InChI is InChI=1S/C11H9F2N3O.C4H3ClFN3/c12-8-3-1-7(2-4-8)6-17-11-15-5-9(13)10(14)16-11;5-4-8-1-2(6)3(7)9-4/h1-5H,6H2,(H2,14,15,16);1H,(H2,7,8,9). The minimum atomic E-state index is -0.695. The summed E-state index contributed by atoms with van der Waals surface area (Å²) in [6, 6.07) is 5.76. The highest BCUT2D eigenvalue weighted by Crippen LogP contribution is 2.11. The Bertz CT molecular complexity index is 882. The Labute approximate surface area is 150 Å². The summed E-state index contributed by atoms with van der Waals surface area (Å²) in [5, 5.41) is -0.0473. The molecule has 0 aliphatic heterocycles. The fraction of sp³-hybridized carbons (Fsp3) is 0.0667. The number of anilines is 2. The summed E-state index contributed by atoms with van der Waals surface area (Å²) >= 11 is 5.25. The molecular weight excluding hydrogens is 373 g/mol. The van der Waals surface area contributed by atoms with E-state index < -0.39 is 11.6 Å². The van der Waals surface area contributed by atoms with Gasteiger partial charge in [-0.05, 0) is 29.3 Å². The predicted octanol–water partition coefficient (Wildman–Crippen LogP) is 2.77. The molecule has 0 aliphatic rings. The highest BCUT2D eigenvalue weighted by atomic mass is 35.5. The van der Waals surface area contributed by atoms with Crippen LogP contribution in [0.25, 0.3) is 0 Å². The smallest absolute Gasteiger partial charge is 0.318 e. The van der Waals surface area contributed by atoms with E-state index in [1.165, 1.54) is 12.1 Å². The highest BCUT2D eigenvalue weighted by molar-refractivity contribution is 6.28. The Kier molecular flexibility index (Phi) is 6.50. The average molecular weight is 385 g/mol. The molecule has 0 aliphatic carbocycles. The Balaban J connectivity index is 0.000000228. The zero-order valence-corrected chi connectivity index (χ0v) is 13.8. The zero-order chi connectivity index (χ0) is 19.1. The van der Waals surface area contributed by atoms with Crippen molar-refractivity contribution in [2.75, 3.05) is 11.5 Å². The monoisotopic (exact) mass is 384 g/mol. The topological polar surface area (TPSA) is 113 Å². The van der Waals surface area contributed by atoms with Crippen LogP contribution in [0.4, 0.5) is 24.8 Å². The first-order valence-corrected chi connectivity index (χ1v) is 7.31. The molecule has 0 unspecified atom stereocenters. The van der Waals surface area contributed by atoms with Gasteiger partial charge in [0, 0.05) is 0 Å². The SMILES string of the molecule is Nc1nc(Cl)ncc1F.Nc1nc(OCc2ccc(F)cc2)ncc1F. The number of nitrogens with two attached hydrogens (primary N) is 2. The third kappa shape index (κ3) is 5.74. The van der Waals surface area contributed by atoms with Crippen LogP contribution >= 0.6 is 11.6 Å². The molecule has 3 aromatic rings. The van der Waals surface area contributed by atoms with Crippen molar-refractivity contribution in [1.82, 2.24) is 19.9 Å². The van der Waals surface area contributed by atoms with E-state index in [4.69, 9.17) is 27.8 Å². The summed E-state index contributed by atoms with van der Waals surface area (Å²) < 4.78 is 42.7. The summed E-state index contributed by atoms with van der Waals surface area (Å²) in [7, 11) is 0. The quantitative estimate of drug-likeness (QED) is 0.667. The van der Waals surface area contributed by atoms with Crippen molar-refractivity contribution in [1.29, 1.82) is 0 Å². The Morgan fingerprint density at radius 1 is 0.885 bits per heavy atom. The molecule has 3 rings (SSSR count). The normalized spacial score (nSPS) is 10.0. The molecular formula is C15H12ClF3N6O. The maximum Gasteiger partial charge on any atom is 0.318 e. The van der Waals surface area contributed by atoms with Crippen molar-refractivity contribution < 1.29 is 17.9 Å². The maximum atomic E-state index is 12.8. The van der Waals surface area contributed by atoms with E-state index in [-0.39, 0.29) is 35.4 Å². The summed E-state index contributed by atoms with van der Waals surface area (Å²) in [6.45, 7) is 0.158. The van der Waals surface area contributed by atoms with Crippen LogP contribution in [-0.2, 0) is 6.61 Å². The van der Waals surface area contributed by atoms with Crippen molar-refractivity contribution in [3.63, 3.8) is 0 Å². The second-order valence-electron chi connectivity index (χ2n) is 4.67. The van der Waals surface area contributed by atoms with Gasteiger partial charge in [0.1, 0.15) is 12.4 Å². The van der Waals surface area contributed by atoms with Crippen LogP contribution < -0.4 is 16.2 Å². The number of halogens is 4. The van der Waals surface area contributed by atoms with Crippen molar-refractivity contribution in [2.45, 2.75) is 6.61 Å². The predicted molar refractivity (Wildman–Crippen MR) is 88.5 cm³/mol. The average Bonchev–Trinajstić information content (AvgIpc) is 2.61. The molecule has 7 nitrogen and oxygen atoms in total. The van der Waals surface area contributed by atoms with Gasteiger partial charge in [-0.3, -0.25) is 0 Å². The Morgan fingerprint density at radius 2 is 1.46 bits per heavy atom. The minimum absolute atomic E-state index is 0.0202. The molecule has 1 aromatic carbocycles. The van der Waals surface area contributed by atoms with Crippen LogP contribution in [0, 0.1) is 17.5 Å². The number of benzene rings is 1. The molecule has 4 N–H and O–H groups in total. The third-order valence-corrected chi connectivity index (χ3v) is 2.95. The second kappa shape index (κ2) is 8.81. The fourth-order valence-corrected chi connectivity index (χ4v) is 1.66. The molecule has 0 spiro atoms. The van der Waals surface area contributed by atoms with Gasteiger partial charge in [-0.25, -0.2) is 23.1 Å². The van der Waals surface area contributed by atoms with E-state index >= 15 is 0 Å². The van der Waals surface area contributed by atoms with E-state index in [1.54, 1.807) is 12.1 Å². The van der Waals surface area contributed by atoms with Gasteiger partial charge in [-0.1, -0.05) is 12.1 Å². The first-order valence-electron chi connectivity index (χ1n) is 6.94. The van der Waals surface area contributed by atoms with Crippen LogP contribution in [0.15, 0.2) is 36.7 Å². The molecule has 0 radical (unpaired) electrons. The third-order valence-electron chi connectivity index (χ3n) is 2.77. The van der Waals surface area contributed by atoms with Crippen LogP contribution in [0.5, 0.6) is 6.01 Å². The Hall–Kier alpha value is -3.14. The number of ether oxygens (including phenoxy) is 1. The lowest BCUT2D eigenvalue weighted by Crippen LogP contribution is -2.03. The van der Waals surface area contributed by atoms with Gasteiger partial charge in [-0.15, -0.1) is 0 Å². The van der Waals surface area contributed by atoms with E-state index in [0.717, 1.165) is 18.0 Å². The van der Waals surface area contributed by atoms with Gasteiger partial charge in [0.25, 0.3) is 0 Å². The molecule has 11 heteroatoms. The van der Waals surface area contributed by atoms with Crippen molar-refractivity contribution in [3.05, 3.63) is 65.0 Å². The van der Waals surface area contributed by atoms with Gasteiger partial charge in [0.2, 0.25) is 5.28 Å². The molecule has 136 valence electrons. The molecule has 0 amide bonds. The lowest BCUT2D eigenvalue weighted by atomic mass is 10.2. The number of rotatable bonds is 3. The van der Waals surface area contributed by atoms with Crippen molar-refractivity contribution in [3.8, 4) is 6.01 Å². The fourth-order valence-electron chi connectivity index (χ4n) is 1.52. The van der Waals surface area contributed by atoms with Gasteiger partial charge < -0.3 is 16.2 Å². The van der Waals surface area contributed by atoms with Crippen LogP contribution in [-0.4, -0.2) is 19.9 Å². The van der Waals surface area contributed by atoms with Crippen molar-refractivity contribution in [2.24, 2.45) is 0 Å². The summed E-state index contributed by atoms with van der Waals surface area (Å²) in [5.41, 5.74) is 11.0. The van der Waals surface area contributed by atoms with Crippen LogP contribution in [0.3, 0.4) is 0 Å². The summed E-state index contributed by atoms with van der Waals surface area (Å²) in [6.07, 6.45) is 1.85. The van der Waals surface area contributed by atoms with Gasteiger partial charge in [0.05, 0.1) is 12.4 Å². The van der Waals surface area contributed by atoms with Gasteiger partial charge in [-0.2, -0.15) is 9.97 Å². The Morgan fingerprint density at radius 3 is 2.00 bits per heavy atom. The molecule has 0 atom stereocenters. The van der Waals surface area contributed by atoms with E-state index in [9.17, 15) is 13.2 Å². The maximum absolute atomic E-state index is 12.8. The molecule has 2 aromatic heterocycles. The highest BCUT2D eigenvalue weighted by Gasteiger charge is 2.04. The zero-order valence-electron chi connectivity index (χ0n) is 13.0. The molecule has 0 fully saturated rings. The molecule has 26 heavy (non-hydrogen) atoms. The lowest BCUT2D eigenvalue weighted by molar-refractivity contribution is 0.280. The number of aromatic nitrogens is 4. The molecule has 0 bridgehead atoms. The first-order chi connectivity index (χ1) is 12.3. The van der Waals surface area contributed by atoms with Crippen molar-refractivity contribution >= 4 is 23.2 Å². The number of hydrogen-bond acceptors (Lipinski definition) is 7. The second-order valence-corrected chi connectivity index (χ2v) is 5.01. The molecule has 0 saturated carbocycles. The van der Waals surface area contributed by atoms with E-state index in [1.807, 2.05) is 0 Å². The number of nitrogen functional groups attached to an aromatic ring is 2. The van der Waals surface area contributed by atoms with Crippen LogP contribution in [0.1, 0.15) is 5.56 Å². The van der Waals surface area contributed by atoms with Gasteiger partial charge >= 0.3 is 6.01 Å². The summed E-state index contributed by atoms with van der Waals surface area (Å²) in [5.74, 6) is -2.17. The van der Waals surface area contributed by atoms with E-state index in [2.05, 4.69) is 19.9 Å². The lowest BCUT2D eigenvalue weighted by Gasteiger charge is -2.04.